The maximum absolute atomic E-state index is 12.7. The number of nitrogens with zero attached hydrogens (tertiary/aromatic N) is 14. The molecule has 0 spiro atoms. The SMILES string of the molecule is CCC(C)C(N=C(C)O)C(O)=NC1CSSCC(C(O)=NC(C(=O)O)C(C)O)N=C(O)C(CCCNC(=N)N)N=C(O)C(Cc2cnc[nH]2)N=C(O)C(C)N=C(O)CN=C(O)C(Cc2c[nH]c3ccccc23)N=C(O)C(CC(=O)O)N=C(O)C(CCC(=N)O)N=C(O)C(Cc2ccc3ccccc3c2)N=C(O)C(C(C)C)N=C1O. The van der Waals surface area contributed by atoms with E-state index in [1.165, 1.54) is 26.4 Å². The van der Waals surface area contributed by atoms with Crippen molar-refractivity contribution in [1.82, 2.24) is 20.3 Å². The third kappa shape index (κ3) is 28.7. The number of fused-ring (bicyclic) bond motifs is 2. The van der Waals surface area contributed by atoms with Gasteiger partial charge in [-0.25, -0.2) is 74.7 Å². The highest BCUT2D eigenvalue weighted by molar-refractivity contribution is 8.76. The first-order chi connectivity index (χ1) is 54.0. The number of carboxylic acids is 2. The highest BCUT2D eigenvalue weighted by atomic mass is 33.1. The molecule has 3 heterocycles. The summed E-state index contributed by atoms with van der Waals surface area (Å²) in [6.07, 6.45) is -0.443. The van der Waals surface area contributed by atoms with Crippen LogP contribution in [0.3, 0.4) is 0 Å². The Morgan fingerprint density at radius 1 is 0.649 bits per heavy atom. The second-order valence-corrected chi connectivity index (χ2v) is 29.5. The van der Waals surface area contributed by atoms with Crippen molar-refractivity contribution in [2.24, 2.45) is 82.5 Å². The number of aliphatic hydroxyl groups is 15. The van der Waals surface area contributed by atoms with Crippen LogP contribution in [0.2, 0.25) is 0 Å². The van der Waals surface area contributed by atoms with Gasteiger partial charge in [-0.05, 0) is 72.9 Å². The fraction of sp³-hybridized carbons (Fsp3) is 0.479. The maximum atomic E-state index is 12.7. The van der Waals surface area contributed by atoms with Crippen LogP contribution in [0.5, 0.6) is 0 Å². The standard InChI is InChI=1S/C73H100N20O19S2/c1-8-36(4)59(83-39(7)95)71(110)91-54-33-114-113-32-53(69(108)93-60(38(6)94)72(111)112)90-63(102)47(18-13-23-78-73(75)76)84-66(105)51(27-44-30-77-34-81-44)86-61(100)37(5)82-56(97)31-80-62(101)50(26-43-29-79-46-17-12-11-16-45(43)46)87-67(106)52(28-57(98)99)88-64(103)48(21-22-55(74)96)85-65(104)49(89-70(109)58(35(2)3)92-68(54)107)25-40-19-20-41-14-9-10-15-42(41)24-40/h9-12,14-17,19-20,24,29-30,34-38,47-54,58-60,79,94H,8,13,18,21-23,25-28,31-33H2,1-7H3,(H2,74,96)(H,77,81)(H,80,101)(H,82,97)(H,83,95)(H,84,105)(H,85,104)(H,86,100)(H,87,106)(H,88,103)(H,89,109)(H,90,102)(H,91,110)(H,92,107)(H,93,108)(H,98,99)(H,111,112)(H4,75,76,78). The smallest absolute Gasteiger partial charge is 0.331 e. The molecule has 5 aromatic rings. The summed E-state index contributed by atoms with van der Waals surface area (Å²) in [5.74, 6) is -18.4. The fourth-order valence-electron chi connectivity index (χ4n) is 11.2. The Bertz CT molecular complexity index is 4510. The van der Waals surface area contributed by atoms with Gasteiger partial charge in [0, 0.05) is 79.6 Å². The molecule has 14 unspecified atom stereocenters. The summed E-state index contributed by atoms with van der Waals surface area (Å²) < 4.78 is 0. The van der Waals surface area contributed by atoms with E-state index in [0.29, 0.717) is 34.1 Å². The lowest BCUT2D eigenvalue weighted by Gasteiger charge is -2.22. The highest BCUT2D eigenvalue weighted by Crippen LogP contribution is 2.29. The summed E-state index contributed by atoms with van der Waals surface area (Å²) in [6.45, 7) is 9.35. The van der Waals surface area contributed by atoms with Gasteiger partial charge < -0.3 is 108 Å². The second kappa shape index (κ2) is 44.4. The van der Waals surface area contributed by atoms with Crippen molar-refractivity contribution in [3.8, 4) is 0 Å². The molecule has 0 saturated heterocycles. The van der Waals surface area contributed by atoms with Crippen LogP contribution >= 0.6 is 21.6 Å². The van der Waals surface area contributed by atoms with Crippen molar-refractivity contribution in [3.05, 3.63) is 102 Å². The molecule has 0 radical (unpaired) electrons. The zero-order chi connectivity index (χ0) is 84.0. The molecule has 14 atom stereocenters. The number of aromatic nitrogens is 3. The molecule has 114 heavy (non-hydrogen) atoms. The Balaban J connectivity index is 1.65. The van der Waals surface area contributed by atoms with Crippen molar-refractivity contribution < 1.29 is 96.4 Å². The zero-order valence-electron chi connectivity index (χ0n) is 63.5. The summed E-state index contributed by atoms with van der Waals surface area (Å²) >= 11 is 0. The molecule has 3 aromatic carbocycles. The summed E-state index contributed by atoms with van der Waals surface area (Å²) in [4.78, 5) is 90.4. The van der Waals surface area contributed by atoms with E-state index in [-0.39, 0.29) is 44.4 Å². The fourth-order valence-corrected chi connectivity index (χ4v) is 13.5. The molecule has 1 aliphatic rings. The van der Waals surface area contributed by atoms with Crippen molar-refractivity contribution in [2.75, 3.05) is 24.6 Å². The minimum atomic E-state index is -2.03. The number of para-hydroxylation sites is 1. The molecule has 0 aliphatic carbocycles. The molecule has 0 fully saturated rings. The average molecular weight is 1630 g/mol. The summed E-state index contributed by atoms with van der Waals surface area (Å²) in [5.41, 5.74) is 7.44. The molecule has 6 rings (SSSR count). The van der Waals surface area contributed by atoms with Crippen LogP contribution in [0.1, 0.15) is 104 Å². The molecule has 2 aromatic heterocycles. The lowest BCUT2D eigenvalue weighted by Crippen LogP contribution is -2.35. The number of aliphatic carboxylic acids is 2. The normalized spacial score (nSPS) is 23.2. The first-order valence-electron chi connectivity index (χ1n) is 36.1. The number of carbonyl (C=O) groups is 2. The number of hydrogen-bond acceptors (Lipinski definition) is 21. The molecule has 618 valence electrons. The van der Waals surface area contributed by atoms with Gasteiger partial charge in [-0.1, -0.05) is 116 Å². The summed E-state index contributed by atoms with van der Waals surface area (Å²) in [7, 11) is 1.70. The third-order valence-corrected chi connectivity index (χ3v) is 19.9. The lowest BCUT2D eigenvalue weighted by molar-refractivity contribution is -0.141. The van der Waals surface area contributed by atoms with Crippen molar-refractivity contribution in [3.63, 3.8) is 0 Å². The summed E-state index contributed by atoms with van der Waals surface area (Å²) in [5, 5.41) is 215. The average Bonchev–Trinajstić information content (AvgIpc) is 1.46. The van der Waals surface area contributed by atoms with E-state index in [9.17, 15) is 96.4 Å². The quantitative estimate of drug-likeness (QED) is 0.0112. The van der Waals surface area contributed by atoms with Crippen molar-refractivity contribution in [2.45, 2.75) is 185 Å². The molecule has 41 heteroatoms. The van der Waals surface area contributed by atoms with Crippen molar-refractivity contribution >= 4 is 144 Å². The van der Waals surface area contributed by atoms with Crippen molar-refractivity contribution in [1.29, 1.82) is 10.8 Å². The number of carboxylic acid groups (broad SMARTS) is 2. The second-order valence-electron chi connectivity index (χ2n) is 27.0. The Kier molecular flexibility index (Phi) is 35.4. The van der Waals surface area contributed by atoms with E-state index in [2.05, 4.69) is 85.2 Å². The van der Waals surface area contributed by atoms with Crippen LogP contribution in [0.15, 0.2) is 150 Å². The summed E-state index contributed by atoms with van der Waals surface area (Å²) in [6, 6.07) is -0.627. The van der Waals surface area contributed by atoms with Gasteiger partial charge >= 0.3 is 11.9 Å². The molecule has 24 N–H and O–H groups in total. The molecule has 0 amide bonds. The number of nitrogens with two attached hydrogens (primary N) is 1. The van der Waals surface area contributed by atoms with Gasteiger partial charge in [0.15, 0.2) is 23.8 Å². The number of aliphatic imine (C=N–C) groups is 13. The maximum Gasteiger partial charge on any atom is 0.331 e. The van der Waals surface area contributed by atoms with Gasteiger partial charge in [0.1, 0.15) is 73.0 Å². The van der Waals surface area contributed by atoms with Gasteiger partial charge in [0.25, 0.3) is 0 Å². The Morgan fingerprint density at radius 3 is 1.88 bits per heavy atom. The number of H-pyrrole nitrogens is 2. The van der Waals surface area contributed by atoms with E-state index in [0.717, 1.165) is 39.3 Å². The van der Waals surface area contributed by atoms with Gasteiger partial charge in [-0.3, -0.25) is 15.6 Å². The first kappa shape index (κ1) is 91.0. The van der Waals surface area contributed by atoms with E-state index in [1.54, 1.807) is 82.4 Å². The van der Waals surface area contributed by atoms with Gasteiger partial charge in [-0.2, -0.15) is 0 Å². The number of aromatic amines is 2. The Hall–Kier alpha value is -11.9. The minimum Gasteiger partial charge on any atom is -0.497 e. The number of rotatable bonds is 25. The molecule has 1 aliphatic heterocycles. The predicted molar refractivity (Wildman–Crippen MR) is 444 cm³/mol. The number of imidazole rings is 1. The topological polar surface area (TPSA) is 669 Å². The molecular formula is C73H100N20O19S2. The van der Waals surface area contributed by atoms with Gasteiger partial charge in [0.2, 0.25) is 70.8 Å². The van der Waals surface area contributed by atoms with Crippen LogP contribution < -0.4 is 11.1 Å². The first-order valence-corrected chi connectivity index (χ1v) is 38.6. The Labute approximate surface area is 662 Å². The largest absolute Gasteiger partial charge is 0.497 e. The van der Waals surface area contributed by atoms with Crippen LogP contribution in [0.4, 0.5) is 0 Å². The number of benzene rings is 3. The Morgan fingerprint density at radius 2 is 1.25 bits per heavy atom. The number of hydrogen-bond donors (Lipinski definition) is 23. The van der Waals surface area contributed by atoms with E-state index in [1.807, 2.05) is 18.2 Å². The lowest BCUT2D eigenvalue weighted by atomic mass is 9.99. The van der Waals surface area contributed by atoms with Crippen LogP contribution in [0.25, 0.3) is 21.7 Å². The highest BCUT2D eigenvalue weighted by Gasteiger charge is 2.34. The van der Waals surface area contributed by atoms with Gasteiger partial charge in [0.05, 0.1) is 18.9 Å². The monoisotopic (exact) mass is 1620 g/mol. The molecule has 0 saturated carbocycles. The van der Waals surface area contributed by atoms with Crippen LogP contribution in [0, 0.1) is 22.7 Å². The third-order valence-electron chi connectivity index (χ3n) is 17.5. The minimum absolute atomic E-state index is 0.0197. The molecule has 0 bridgehead atoms. The van der Waals surface area contributed by atoms with Crippen LogP contribution in [-0.4, -0.2) is 305 Å². The number of aliphatic hydroxyl groups excluding tert-OH is 15. The molecule has 39 nitrogen and oxygen atoms in total. The van der Waals surface area contributed by atoms with Crippen LogP contribution in [-0.2, 0) is 28.9 Å². The van der Waals surface area contributed by atoms with E-state index < -0.39 is 222 Å². The number of guanidine groups is 1. The zero-order valence-corrected chi connectivity index (χ0v) is 65.1. The van der Waals surface area contributed by atoms with E-state index in [4.69, 9.17) is 16.6 Å². The van der Waals surface area contributed by atoms with E-state index >= 15 is 0 Å². The van der Waals surface area contributed by atoms with Gasteiger partial charge in [-0.15, -0.1) is 0 Å². The predicted octanol–water partition coefficient (Wildman–Crippen LogP) is 8.59. The molecular weight excluding hydrogens is 1530 g/mol. The number of nitrogens with one attached hydrogen (secondary N) is 5.